The fourth-order valence-electron chi connectivity index (χ4n) is 2.34. The molecule has 0 aromatic rings. The molecule has 0 rings (SSSR count). The second-order valence-corrected chi connectivity index (χ2v) is 5.47. The number of hydrogen-bond acceptors (Lipinski definition) is 1. The molecule has 3 nitrogen and oxygen atoms in total. The average Bonchev–Trinajstić information content (AvgIpc) is 2.43. The van der Waals surface area contributed by atoms with Gasteiger partial charge >= 0.3 is 5.97 Å². The molecule has 0 aliphatic heterocycles. The van der Waals surface area contributed by atoms with Crippen LogP contribution in [0.15, 0.2) is 0 Å². The Morgan fingerprint density at radius 3 is 1.47 bits per heavy atom. The van der Waals surface area contributed by atoms with Crippen LogP contribution in [0.2, 0.25) is 0 Å². The molecule has 0 aliphatic rings. The zero-order valence-electron chi connectivity index (χ0n) is 12.7. The molecule has 0 spiro atoms. The Kier molecular flexibility index (Phi) is 14.7. The average molecular weight is 272 g/mol. The quantitative estimate of drug-likeness (QED) is 0.221. The summed E-state index contributed by atoms with van der Waals surface area (Å²) in [5.74, 6) is -0.372. The van der Waals surface area contributed by atoms with Crippen LogP contribution >= 0.6 is 0 Å². The van der Waals surface area contributed by atoms with E-state index < -0.39 is 0 Å². The molecule has 1 N–H and O–H groups in total. The molecule has 0 amide bonds. The van der Waals surface area contributed by atoms with Crippen molar-refractivity contribution in [3.8, 4) is 0 Å². The Morgan fingerprint density at radius 2 is 1.11 bits per heavy atom. The number of carboxylic acid groups (broad SMARTS) is 1. The first-order valence-electron chi connectivity index (χ1n) is 8.16. The second kappa shape index (κ2) is 15.3. The molecule has 0 unspecified atom stereocenters. The molecular formula is C16H32O3. The van der Waals surface area contributed by atoms with Gasteiger partial charge in [-0.3, -0.25) is 4.58 Å². The summed E-state index contributed by atoms with van der Waals surface area (Å²) < 4.78 is 3.48. The molecule has 19 heavy (non-hydrogen) atoms. The molecular weight excluding hydrogens is 240 g/mol. The van der Waals surface area contributed by atoms with Crippen LogP contribution in [-0.4, -0.2) is 11.1 Å². The van der Waals surface area contributed by atoms with Crippen LogP contribution < -0.4 is 5.26 Å². The van der Waals surface area contributed by atoms with Gasteiger partial charge in [-0.05, 0) is 6.42 Å². The summed E-state index contributed by atoms with van der Waals surface area (Å²) in [7, 11) is 0. The summed E-state index contributed by atoms with van der Waals surface area (Å²) in [4.78, 5) is 0. The van der Waals surface area contributed by atoms with Gasteiger partial charge in [0.1, 0.15) is 6.42 Å². The number of carboxylic acids is 1. The highest BCUT2D eigenvalue weighted by molar-refractivity contribution is 5.66. The van der Waals surface area contributed by atoms with Gasteiger partial charge in [-0.1, -0.05) is 84.0 Å². The molecule has 0 saturated carbocycles. The van der Waals surface area contributed by atoms with E-state index in [1.165, 1.54) is 70.6 Å². The van der Waals surface area contributed by atoms with Crippen molar-refractivity contribution in [2.75, 3.05) is 0 Å². The van der Waals surface area contributed by atoms with Crippen LogP contribution in [0.5, 0.6) is 0 Å². The summed E-state index contributed by atoms with van der Waals surface area (Å²) in [5, 5.41) is 18.6. The molecule has 0 heterocycles. The Hall–Kier alpha value is -0.730. The van der Waals surface area contributed by atoms with Crippen LogP contribution in [0.1, 0.15) is 96.8 Å². The van der Waals surface area contributed by atoms with Crippen LogP contribution in [0, 0.1) is 0 Å². The van der Waals surface area contributed by atoms with Crippen molar-refractivity contribution >= 4 is 5.97 Å². The van der Waals surface area contributed by atoms with Crippen LogP contribution in [-0.2, 0) is 4.58 Å². The summed E-state index contributed by atoms with van der Waals surface area (Å²) in [6.45, 7) is 2.26. The van der Waals surface area contributed by atoms with E-state index in [0.717, 1.165) is 12.8 Å². The molecule has 0 radical (unpaired) electrons. The number of aliphatic carboxylic acids is 1. The van der Waals surface area contributed by atoms with E-state index in [1.54, 1.807) is 0 Å². The van der Waals surface area contributed by atoms with Gasteiger partial charge in [-0.2, -0.15) is 0 Å². The topological polar surface area (TPSA) is 54.6 Å². The number of rotatable bonds is 14. The summed E-state index contributed by atoms with van der Waals surface area (Å²) in [6, 6.07) is 0. The van der Waals surface area contributed by atoms with Crippen molar-refractivity contribution in [3.05, 3.63) is 0 Å². The van der Waals surface area contributed by atoms with E-state index >= 15 is 0 Å². The van der Waals surface area contributed by atoms with Crippen LogP contribution in [0.3, 0.4) is 0 Å². The van der Waals surface area contributed by atoms with E-state index in [-0.39, 0.29) is 5.97 Å². The first kappa shape index (κ1) is 18.3. The largest absolute Gasteiger partial charge is 0.588 e. The minimum atomic E-state index is -0.372. The van der Waals surface area contributed by atoms with E-state index in [4.69, 9.17) is 5.11 Å². The van der Waals surface area contributed by atoms with Crippen molar-refractivity contribution in [1.29, 1.82) is 0 Å². The maximum atomic E-state index is 9.79. The highest BCUT2D eigenvalue weighted by atomic mass is 17.1. The number of unbranched alkanes of at least 4 members (excludes halogenated alkanes) is 12. The first-order valence-corrected chi connectivity index (χ1v) is 8.16. The lowest BCUT2D eigenvalue weighted by atomic mass is 10.0. The minimum absolute atomic E-state index is 0.372. The molecule has 0 aliphatic carbocycles. The zero-order chi connectivity index (χ0) is 14.2. The Balaban J connectivity index is 2.99. The summed E-state index contributed by atoms with van der Waals surface area (Å²) in [6.07, 6.45) is 17.2. The first-order chi connectivity index (χ1) is 9.31. The van der Waals surface area contributed by atoms with Crippen molar-refractivity contribution in [2.45, 2.75) is 96.8 Å². The van der Waals surface area contributed by atoms with E-state index in [1.807, 2.05) is 0 Å². The van der Waals surface area contributed by atoms with Gasteiger partial charge in [0.05, 0.1) is 0 Å². The van der Waals surface area contributed by atoms with Crippen molar-refractivity contribution < 1.29 is 14.9 Å². The highest BCUT2D eigenvalue weighted by Gasteiger charge is 2.04. The van der Waals surface area contributed by atoms with Gasteiger partial charge in [0.2, 0.25) is 0 Å². The van der Waals surface area contributed by atoms with Gasteiger partial charge in [-0.25, -0.2) is 0 Å². The Bertz CT molecular complexity index is 202. The van der Waals surface area contributed by atoms with E-state index in [0.29, 0.717) is 6.42 Å². The lowest BCUT2D eigenvalue weighted by Crippen LogP contribution is -2.08. The maximum Gasteiger partial charge on any atom is 0.495 e. The molecule has 0 atom stereocenters. The third-order valence-corrected chi connectivity index (χ3v) is 3.59. The predicted molar refractivity (Wildman–Crippen MR) is 77.9 cm³/mol. The molecule has 0 saturated heterocycles. The second-order valence-electron chi connectivity index (χ2n) is 5.47. The van der Waals surface area contributed by atoms with Gasteiger partial charge < -0.3 is 10.4 Å². The molecule has 0 aromatic carbocycles. The zero-order valence-corrected chi connectivity index (χ0v) is 12.7. The Morgan fingerprint density at radius 1 is 0.737 bits per heavy atom. The van der Waals surface area contributed by atoms with Crippen molar-refractivity contribution in [3.63, 3.8) is 0 Å². The molecule has 0 aromatic heterocycles. The number of aliphatic hydroxyl groups excluding tert-OH is 1. The third-order valence-electron chi connectivity index (χ3n) is 3.59. The predicted octanol–water partition coefficient (Wildman–Crippen LogP) is 4.36. The van der Waals surface area contributed by atoms with Crippen LogP contribution in [0.25, 0.3) is 0 Å². The van der Waals surface area contributed by atoms with Gasteiger partial charge in [0.25, 0.3) is 0 Å². The van der Waals surface area contributed by atoms with Gasteiger partial charge in [-0.15, -0.1) is 0 Å². The lowest BCUT2D eigenvalue weighted by molar-refractivity contribution is -1.05. The van der Waals surface area contributed by atoms with E-state index in [2.05, 4.69) is 11.5 Å². The number of hydrogen-bond donors (Lipinski definition) is 1. The van der Waals surface area contributed by atoms with Gasteiger partial charge in [0, 0.05) is 0 Å². The smallest absolute Gasteiger partial charge is 0.495 e. The fraction of sp³-hybridized carbons (Fsp3) is 0.938. The van der Waals surface area contributed by atoms with Crippen molar-refractivity contribution in [1.82, 2.24) is 0 Å². The third kappa shape index (κ3) is 15.2. The Labute approximate surface area is 118 Å². The minimum Gasteiger partial charge on any atom is -0.588 e. The standard InChI is InChI=1S/C16H32O3/c1-2-3-4-5-6-7-8-9-10-11-12-13-14-15-16(17)19-18/h17H,2-15H2,1H3. The maximum absolute atomic E-state index is 9.79. The lowest BCUT2D eigenvalue weighted by Gasteiger charge is -2.02. The van der Waals surface area contributed by atoms with E-state index in [9.17, 15) is 5.26 Å². The summed E-state index contributed by atoms with van der Waals surface area (Å²) in [5.41, 5.74) is 0. The molecule has 3 heteroatoms. The monoisotopic (exact) mass is 272 g/mol. The SMILES string of the molecule is CCCCCCCCCCCCCCCC(O)=[O+][O-]. The molecule has 0 fully saturated rings. The molecule has 0 bridgehead atoms. The fourth-order valence-corrected chi connectivity index (χ4v) is 2.34. The highest BCUT2D eigenvalue weighted by Crippen LogP contribution is 2.12. The van der Waals surface area contributed by atoms with Crippen LogP contribution in [0.4, 0.5) is 0 Å². The van der Waals surface area contributed by atoms with Crippen molar-refractivity contribution in [2.24, 2.45) is 0 Å². The summed E-state index contributed by atoms with van der Waals surface area (Å²) >= 11 is 0. The molecule has 114 valence electrons. The normalized spacial score (nSPS) is 11.9. The van der Waals surface area contributed by atoms with Gasteiger partial charge in [0.15, 0.2) is 0 Å².